The van der Waals surface area contributed by atoms with Gasteiger partial charge in [0, 0.05) is 29.1 Å². The van der Waals surface area contributed by atoms with Crippen molar-refractivity contribution in [3.8, 4) is 0 Å². The van der Waals surface area contributed by atoms with Gasteiger partial charge in [-0.25, -0.2) is 9.67 Å². The monoisotopic (exact) mass is 390 g/mol. The van der Waals surface area contributed by atoms with E-state index in [4.69, 9.17) is 23.2 Å². The molecule has 0 bridgehead atoms. The quantitative estimate of drug-likeness (QED) is 0.358. The van der Waals surface area contributed by atoms with Gasteiger partial charge in [-0.15, -0.1) is 0 Å². The van der Waals surface area contributed by atoms with Crippen molar-refractivity contribution in [3.05, 3.63) is 86.4 Å². The molecule has 3 rings (SSSR count). The number of halogens is 2. The number of nitro benzene ring substituents is 1. The molecule has 132 valence electrons. The van der Waals surface area contributed by atoms with E-state index >= 15 is 0 Å². The lowest BCUT2D eigenvalue weighted by molar-refractivity contribution is -0.384. The maximum Gasteiger partial charge on any atom is 0.269 e. The van der Waals surface area contributed by atoms with Gasteiger partial charge in [-0.2, -0.15) is 5.10 Å². The number of carbonyl (C=O) groups excluding carboxylic acids is 1. The van der Waals surface area contributed by atoms with E-state index in [0.29, 0.717) is 10.6 Å². The van der Waals surface area contributed by atoms with Crippen molar-refractivity contribution in [2.45, 2.75) is 12.5 Å². The Bertz CT molecular complexity index is 943. The van der Waals surface area contributed by atoms with Gasteiger partial charge < -0.3 is 0 Å². The summed E-state index contributed by atoms with van der Waals surface area (Å²) in [7, 11) is 0. The largest absolute Gasteiger partial charge is 0.292 e. The number of nitrogens with zero attached hydrogens (tertiary/aromatic N) is 4. The molecule has 0 aliphatic rings. The molecule has 0 spiro atoms. The molecule has 0 N–H and O–H groups in total. The predicted molar refractivity (Wildman–Crippen MR) is 96.7 cm³/mol. The summed E-state index contributed by atoms with van der Waals surface area (Å²) in [4.78, 5) is 27.2. The molecule has 0 radical (unpaired) electrons. The fraction of sp³-hybridized carbons (Fsp3) is 0.118. The highest BCUT2D eigenvalue weighted by molar-refractivity contribution is 6.37. The van der Waals surface area contributed by atoms with Gasteiger partial charge in [0.2, 0.25) is 0 Å². The standard InChI is InChI=1S/C17H12Cl2N4O3/c18-12-3-6-14(15(19)8-12)17(24)16(22-10-20-9-21-22)7-11-1-4-13(5-2-11)23(25)26/h1-6,8-10,16H,7H2. The Balaban J connectivity index is 1.93. The van der Waals surface area contributed by atoms with Crippen LogP contribution >= 0.6 is 23.2 Å². The molecule has 0 saturated carbocycles. The third-order valence-corrected chi connectivity index (χ3v) is 4.38. The van der Waals surface area contributed by atoms with Crippen molar-refractivity contribution >= 4 is 34.7 Å². The number of ketones is 1. The topological polar surface area (TPSA) is 90.9 Å². The summed E-state index contributed by atoms with van der Waals surface area (Å²) < 4.78 is 1.44. The van der Waals surface area contributed by atoms with Crippen LogP contribution in [0.2, 0.25) is 10.0 Å². The number of carbonyl (C=O) groups is 1. The van der Waals surface area contributed by atoms with Crippen LogP contribution in [0, 0.1) is 10.1 Å². The van der Waals surface area contributed by atoms with Crippen molar-refractivity contribution < 1.29 is 9.72 Å². The summed E-state index contributed by atoms with van der Waals surface area (Å²) in [6.07, 6.45) is 3.05. The Morgan fingerprint density at radius 2 is 1.92 bits per heavy atom. The second-order valence-corrected chi connectivity index (χ2v) is 6.35. The highest BCUT2D eigenvalue weighted by Gasteiger charge is 2.25. The van der Waals surface area contributed by atoms with E-state index in [9.17, 15) is 14.9 Å². The molecule has 7 nitrogen and oxygen atoms in total. The zero-order chi connectivity index (χ0) is 18.7. The van der Waals surface area contributed by atoms with E-state index in [-0.39, 0.29) is 22.9 Å². The number of nitro groups is 1. The summed E-state index contributed by atoms with van der Waals surface area (Å²) in [5.41, 5.74) is 1.05. The molecule has 1 unspecified atom stereocenters. The molecule has 1 aromatic heterocycles. The number of aromatic nitrogens is 3. The predicted octanol–water partition coefficient (Wildman–Crippen LogP) is 4.16. The van der Waals surface area contributed by atoms with Crippen LogP contribution in [-0.4, -0.2) is 25.5 Å². The number of benzene rings is 2. The molecular weight excluding hydrogens is 379 g/mol. The van der Waals surface area contributed by atoms with Crippen LogP contribution in [0.5, 0.6) is 0 Å². The van der Waals surface area contributed by atoms with E-state index in [0.717, 1.165) is 5.56 Å². The number of Topliss-reactive ketones (excluding diaryl/α,β-unsaturated/α-hetero) is 1. The maximum atomic E-state index is 13.0. The smallest absolute Gasteiger partial charge is 0.269 e. The van der Waals surface area contributed by atoms with Gasteiger partial charge in [0.1, 0.15) is 18.7 Å². The lowest BCUT2D eigenvalue weighted by Crippen LogP contribution is -2.23. The molecule has 2 aromatic carbocycles. The van der Waals surface area contributed by atoms with Crippen LogP contribution in [-0.2, 0) is 6.42 Å². The van der Waals surface area contributed by atoms with Crippen molar-refractivity contribution in [2.75, 3.05) is 0 Å². The van der Waals surface area contributed by atoms with Crippen LogP contribution in [0.15, 0.2) is 55.1 Å². The highest BCUT2D eigenvalue weighted by atomic mass is 35.5. The van der Waals surface area contributed by atoms with Crippen molar-refractivity contribution in [3.63, 3.8) is 0 Å². The fourth-order valence-electron chi connectivity index (χ4n) is 2.53. The van der Waals surface area contributed by atoms with Crippen molar-refractivity contribution in [1.82, 2.24) is 14.8 Å². The van der Waals surface area contributed by atoms with Crippen LogP contribution < -0.4 is 0 Å². The maximum absolute atomic E-state index is 13.0. The van der Waals surface area contributed by atoms with Crippen molar-refractivity contribution in [2.24, 2.45) is 0 Å². The number of hydrogen-bond acceptors (Lipinski definition) is 5. The molecule has 3 aromatic rings. The van der Waals surface area contributed by atoms with Crippen LogP contribution in [0.4, 0.5) is 5.69 Å². The van der Waals surface area contributed by atoms with Gasteiger partial charge in [-0.3, -0.25) is 14.9 Å². The van der Waals surface area contributed by atoms with E-state index in [1.54, 1.807) is 24.3 Å². The number of rotatable bonds is 6. The van der Waals surface area contributed by atoms with E-state index in [1.165, 1.54) is 35.5 Å². The first-order chi connectivity index (χ1) is 12.5. The lowest BCUT2D eigenvalue weighted by atomic mass is 9.97. The minimum Gasteiger partial charge on any atom is -0.292 e. The summed E-state index contributed by atoms with van der Waals surface area (Å²) in [5, 5.41) is 15.5. The second kappa shape index (κ2) is 7.63. The molecular formula is C17H12Cl2N4O3. The van der Waals surface area contributed by atoms with Crippen LogP contribution in [0.25, 0.3) is 0 Å². The minimum atomic E-state index is -0.697. The molecule has 1 heterocycles. The van der Waals surface area contributed by atoms with Crippen LogP contribution in [0.1, 0.15) is 22.0 Å². The Morgan fingerprint density at radius 3 is 2.50 bits per heavy atom. The molecule has 9 heteroatoms. The number of hydrogen-bond donors (Lipinski definition) is 0. The molecule has 0 fully saturated rings. The molecule has 1 atom stereocenters. The average Bonchev–Trinajstić information content (AvgIpc) is 3.14. The molecule has 0 saturated heterocycles. The van der Waals surface area contributed by atoms with Gasteiger partial charge in [0.15, 0.2) is 5.78 Å². The normalized spacial score (nSPS) is 11.9. The van der Waals surface area contributed by atoms with Gasteiger partial charge in [-0.05, 0) is 23.8 Å². The third kappa shape index (κ3) is 3.89. The van der Waals surface area contributed by atoms with Gasteiger partial charge in [0.05, 0.1) is 9.95 Å². The lowest BCUT2D eigenvalue weighted by Gasteiger charge is -2.17. The summed E-state index contributed by atoms with van der Waals surface area (Å²) >= 11 is 12.1. The Morgan fingerprint density at radius 1 is 1.19 bits per heavy atom. The zero-order valence-corrected chi connectivity index (χ0v) is 14.8. The van der Waals surface area contributed by atoms with Crippen molar-refractivity contribution in [1.29, 1.82) is 0 Å². The first-order valence-electron chi connectivity index (χ1n) is 7.52. The Kier molecular flexibility index (Phi) is 5.29. The Hall–Kier alpha value is -2.77. The van der Waals surface area contributed by atoms with Gasteiger partial charge >= 0.3 is 0 Å². The van der Waals surface area contributed by atoms with Gasteiger partial charge in [-0.1, -0.05) is 35.3 Å². The highest BCUT2D eigenvalue weighted by Crippen LogP contribution is 2.27. The van der Waals surface area contributed by atoms with Gasteiger partial charge in [0.25, 0.3) is 5.69 Å². The Labute approximate surface area is 158 Å². The third-order valence-electron chi connectivity index (χ3n) is 3.83. The molecule has 26 heavy (non-hydrogen) atoms. The number of non-ortho nitro benzene ring substituents is 1. The molecule has 0 aliphatic heterocycles. The van der Waals surface area contributed by atoms with Crippen LogP contribution in [0.3, 0.4) is 0 Å². The fourth-order valence-corrected chi connectivity index (χ4v) is 3.03. The first kappa shape index (κ1) is 18.0. The second-order valence-electron chi connectivity index (χ2n) is 5.51. The van der Waals surface area contributed by atoms with E-state index in [2.05, 4.69) is 10.1 Å². The summed E-state index contributed by atoms with van der Waals surface area (Å²) in [5.74, 6) is -0.254. The summed E-state index contributed by atoms with van der Waals surface area (Å²) in [6.45, 7) is 0. The zero-order valence-electron chi connectivity index (χ0n) is 13.3. The van der Waals surface area contributed by atoms with E-state index < -0.39 is 11.0 Å². The molecule has 0 amide bonds. The average molecular weight is 391 g/mol. The minimum absolute atomic E-state index is 0.0156. The SMILES string of the molecule is O=C(c1ccc(Cl)cc1Cl)C(Cc1ccc([N+](=O)[O-])cc1)n1cncn1. The van der Waals surface area contributed by atoms with E-state index in [1.807, 2.05) is 0 Å². The first-order valence-corrected chi connectivity index (χ1v) is 8.28. The molecule has 0 aliphatic carbocycles. The summed E-state index contributed by atoms with van der Waals surface area (Å²) in [6, 6.07) is 9.97.